The quantitative estimate of drug-likeness (QED) is 0.486. The molecule has 0 amide bonds. The van der Waals surface area contributed by atoms with Gasteiger partial charge >= 0.3 is 0 Å². The Morgan fingerprint density at radius 3 is 2.55 bits per heavy atom. The van der Waals surface area contributed by atoms with Gasteiger partial charge in [0.25, 0.3) is 5.56 Å². The van der Waals surface area contributed by atoms with E-state index in [2.05, 4.69) is 39.9 Å². The minimum Gasteiger partial charge on any atom is -0.485 e. The molecule has 0 radical (unpaired) electrons. The summed E-state index contributed by atoms with van der Waals surface area (Å²) in [6.45, 7) is 15.4. The van der Waals surface area contributed by atoms with Crippen LogP contribution in [-0.4, -0.2) is 36.3 Å². The second-order valence-corrected chi connectivity index (χ2v) is 15.8. The van der Waals surface area contributed by atoms with Crippen molar-refractivity contribution in [2.75, 3.05) is 6.61 Å². The minimum absolute atomic E-state index is 0.174. The van der Waals surface area contributed by atoms with E-state index in [1.54, 1.807) is 48.9 Å². The van der Waals surface area contributed by atoms with Gasteiger partial charge in [-0.3, -0.25) is 4.79 Å². The van der Waals surface area contributed by atoms with Crippen LogP contribution in [0, 0.1) is 11.3 Å². The molecule has 2 aromatic rings. The second kappa shape index (κ2) is 9.09. The third-order valence-corrected chi connectivity index (χ3v) is 11.6. The van der Waals surface area contributed by atoms with E-state index in [-0.39, 0.29) is 10.6 Å². The largest absolute Gasteiger partial charge is 0.485 e. The van der Waals surface area contributed by atoms with Crippen LogP contribution in [0.5, 0.6) is 5.75 Å². The predicted molar refractivity (Wildman–Crippen MR) is 132 cm³/mol. The van der Waals surface area contributed by atoms with Crippen LogP contribution < -0.4 is 10.3 Å². The number of aliphatic hydroxyl groups is 1. The maximum absolute atomic E-state index is 13.1. The second-order valence-electron chi connectivity index (χ2n) is 11.0. The zero-order valence-electron chi connectivity index (χ0n) is 20.8. The zero-order valence-corrected chi connectivity index (χ0v) is 21.8. The van der Waals surface area contributed by atoms with Gasteiger partial charge in [-0.25, -0.2) is 0 Å². The molecule has 0 unspecified atom stereocenters. The van der Waals surface area contributed by atoms with Crippen LogP contribution in [0.1, 0.15) is 63.8 Å². The molecule has 0 saturated carbocycles. The fourth-order valence-electron chi connectivity index (χ4n) is 3.87. The van der Waals surface area contributed by atoms with E-state index < -0.39 is 26.1 Å². The number of aryl methyl sites for hydroxylation is 1. The third kappa shape index (κ3) is 5.24. The van der Waals surface area contributed by atoms with Gasteiger partial charge in [-0.2, -0.15) is 5.26 Å². The molecule has 2 heterocycles. The number of pyridine rings is 1. The first kappa shape index (κ1) is 25.2. The summed E-state index contributed by atoms with van der Waals surface area (Å²) in [7, 11) is -1.78. The monoisotopic (exact) mass is 468 g/mol. The molecule has 1 aromatic heterocycles. The highest BCUT2D eigenvalue weighted by atomic mass is 28.4. The number of nitrogens with zero attached hydrogens (tertiary/aromatic N) is 2. The molecular formula is C26H36N2O4Si. The van der Waals surface area contributed by atoms with Gasteiger partial charge in [0.05, 0.1) is 17.7 Å². The van der Waals surface area contributed by atoms with E-state index in [4.69, 9.17) is 9.16 Å². The van der Waals surface area contributed by atoms with Gasteiger partial charge in [0, 0.05) is 24.4 Å². The molecule has 1 aliphatic rings. The molecule has 1 aliphatic heterocycles. The Bertz CT molecular complexity index is 1110. The number of aromatic nitrogens is 1. The normalized spacial score (nSPS) is 20.0. The number of hydrogen-bond donors (Lipinski definition) is 1. The first-order valence-electron chi connectivity index (χ1n) is 11.5. The van der Waals surface area contributed by atoms with Crippen LogP contribution in [-0.2, 0) is 10.8 Å². The molecular weight excluding hydrogens is 432 g/mol. The highest BCUT2D eigenvalue weighted by Gasteiger charge is 2.44. The molecule has 2 atom stereocenters. The molecule has 0 saturated heterocycles. The molecule has 0 aliphatic carbocycles. The van der Waals surface area contributed by atoms with Crippen molar-refractivity contribution in [1.82, 2.24) is 4.57 Å². The van der Waals surface area contributed by atoms with Gasteiger partial charge < -0.3 is 18.8 Å². The maximum atomic E-state index is 13.1. The van der Waals surface area contributed by atoms with E-state index in [1.165, 1.54) is 0 Å². The minimum atomic E-state index is -1.78. The maximum Gasteiger partial charge on any atom is 0.251 e. The predicted octanol–water partition coefficient (Wildman–Crippen LogP) is 4.80. The van der Waals surface area contributed by atoms with Crippen molar-refractivity contribution in [2.45, 2.75) is 83.3 Å². The molecule has 178 valence electrons. The molecule has 0 fully saturated rings. The first-order valence-corrected chi connectivity index (χ1v) is 14.4. The average molecular weight is 469 g/mol. The summed E-state index contributed by atoms with van der Waals surface area (Å²) in [5.74, 6) is 0.577. The molecule has 1 aromatic carbocycles. The molecule has 1 N–H and O–H groups in total. The molecule has 6 nitrogen and oxygen atoms in total. The number of ether oxygens (including phenoxy) is 1. The lowest BCUT2D eigenvalue weighted by Crippen LogP contribution is -2.52. The van der Waals surface area contributed by atoms with E-state index in [0.29, 0.717) is 23.5 Å². The lowest BCUT2D eigenvalue weighted by Gasteiger charge is -2.42. The summed E-state index contributed by atoms with van der Waals surface area (Å²) in [6, 6.07) is 10.2. The average Bonchev–Trinajstić information content (AvgIpc) is 2.72. The summed E-state index contributed by atoms with van der Waals surface area (Å²) in [5.41, 5.74) is 0.972. The fraction of sp³-hybridized carbons (Fsp3) is 0.538. The molecule has 0 spiro atoms. The molecule has 0 bridgehead atoms. The van der Waals surface area contributed by atoms with E-state index in [1.807, 2.05) is 6.07 Å². The van der Waals surface area contributed by atoms with Gasteiger partial charge in [0.1, 0.15) is 17.5 Å². The Morgan fingerprint density at radius 1 is 1.24 bits per heavy atom. The smallest absolute Gasteiger partial charge is 0.251 e. The van der Waals surface area contributed by atoms with E-state index in [0.717, 1.165) is 18.4 Å². The SMILES string of the molecule is CC1(C)Oc2ccc(C#N)cc2[C@@H](n2ccc(CCCO[Si](C)(C)C(C)(C)C)cc2=O)[C@@H]1O. The Balaban J connectivity index is 1.81. The van der Waals surface area contributed by atoms with Crippen LogP contribution in [0.4, 0.5) is 0 Å². The van der Waals surface area contributed by atoms with Crippen molar-refractivity contribution >= 4 is 8.32 Å². The van der Waals surface area contributed by atoms with Crippen molar-refractivity contribution < 1.29 is 14.3 Å². The first-order chi connectivity index (χ1) is 15.3. The Labute approximate surface area is 197 Å². The number of nitriles is 1. The molecule has 3 rings (SSSR count). The lowest BCUT2D eigenvalue weighted by molar-refractivity contribution is -0.0642. The van der Waals surface area contributed by atoms with Crippen molar-refractivity contribution in [3.05, 3.63) is 63.6 Å². The lowest BCUT2D eigenvalue weighted by atomic mass is 9.85. The summed E-state index contributed by atoms with van der Waals surface area (Å²) in [6.07, 6.45) is 2.38. The summed E-state index contributed by atoms with van der Waals surface area (Å²) in [4.78, 5) is 13.1. The fourth-order valence-corrected chi connectivity index (χ4v) is 4.96. The number of hydrogen-bond acceptors (Lipinski definition) is 5. The van der Waals surface area contributed by atoms with Crippen molar-refractivity contribution in [1.29, 1.82) is 5.26 Å². The van der Waals surface area contributed by atoms with E-state index in [9.17, 15) is 15.2 Å². The van der Waals surface area contributed by atoms with Gasteiger partial charge in [0.15, 0.2) is 8.32 Å². The summed E-state index contributed by atoms with van der Waals surface area (Å²) >= 11 is 0. The number of aliphatic hydroxyl groups excluding tert-OH is 1. The molecule has 33 heavy (non-hydrogen) atoms. The number of rotatable bonds is 6. The Morgan fingerprint density at radius 2 is 1.94 bits per heavy atom. The van der Waals surface area contributed by atoms with Crippen LogP contribution in [0.2, 0.25) is 18.1 Å². The topological polar surface area (TPSA) is 84.5 Å². The van der Waals surface area contributed by atoms with Crippen LogP contribution >= 0.6 is 0 Å². The Hall–Kier alpha value is -2.40. The van der Waals surface area contributed by atoms with Crippen LogP contribution in [0.15, 0.2) is 41.3 Å². The number of fused-ring (bicyclic) bond motifs is 1. The van der Waals surface area contributed by atoms with Gasteiger partial charge in [-0.1, -0.05) is 20.8 Å². The summed E-state index contributed by atoms with van der Waals surface area (Å²) < 4.78 is 13.8. The standard InChI is InChI=1S/C26H36N2O4Si/c1-25(2,3)33(6,7)31-14-8-9-18-12-13-28(22(29)16-18)23-20-15-19(17-27)10-11-21(20)32-26(4,5)24(23)30/h10-13,15-16,23-24,30H,8-9,14H2,1-7H3/t23-,24+/m1/s1. The van der Waals surface area contributed by atoms with Crippen molar-refractivity contribution in [3.63, 3.8) is 0 Å². The highest BCUT2D eigenvalue weighted by molar-refractivity contribution is 6.74. The van der Waals surface area contributed by atoms with Crippen LogP contribution in [0.3, 0.4) is 0 Å². The number of benzene rings is 1. The van der Waals surface area contributed by atoms with Gasteiger partial charge in [-0.05, 0) is 74.7 Å². The van der Waals surface area contributed by atoms with Gasteiger partial charge in [0.2, 0.25) is 0 Å². The highest BCUT2D eigenvalue weighted by Crippen LogP contribution is 2.42. The summed E-state index contributed by atoms with van der Waals surface area (Å²) in [5, 5.41) is 20.6. The van der Waals surface area contributed by atoms with Crippen molar-refractivity contribution in [2.24, 2.45) is 0 Å². The van der Waals surface area contributed by atoms with E-state index >= 15 is 0 Å². The Kier molecular flexibility index (Phi) is 6.95. The van der Waals surface area contributed by atoms with Gasteiger partial charge in [-0.15, -0.1) is 0 Å². The van der Waals surface area contributed by atoms with Crippen LogP contribution in [0.25, 0.3) is 0 Å². The third-order valence-electron chi connectivity index (χ3n) is 7.03. The zero-order chi connectivity index (χ0) is 24.6. The van der Waals surface area contributed by atoms with Crippen molar-refractivity contribution in [3.8, 4) is 11.8 Å². The molecule has 7 heteroatoms.